The lowest BCUT2D eigenvalue weighted by molar-refractivity contribution is 0.0916. The molecule has 4 rings (SSSR count). The molecule has 0 saturated heterocycles. The van der Waals surface area contributed by atoms with Gasteiger partial charge in [0, 0.05) is 5.56 Å². The quantitative estimate of drug-likeness (QED) is 0.440. The van der Waals surface area contributed by atoms with Gasteiger partial charge in [-0.2, -0.15) is 0 Å². The number of carbonyl (C=O) groups is 1. The third kappa shape index (κ3) is 5.50. The van der Waals surface area contributed by atoms with Gasteiger partial charge in [0.2, 0.25) is 0 Å². The van der Waals surface area contributed by atoms with E-state index >= 15 is 0 Å². The Balaban J connectivity index is 1.33. The zero-order valence-corrected chi connectivity index (χ0v) is 17.2. The van der Waals surface area contributed by atoms with E-state index in [0.29, 0.717) is 24.3 Å². The second-order valence-electron chi connectivity index (χ2n) is 7.54. The minimum Gasteiger partial charge on any atom is -0.489 e. The number of carbonyl (C=O) groups excluding carboxylic acids is 1. The maximum Gasteiger partial charge on any atom is 0.251 e. The Hall–Kier alpha value is -3.63. The lowest BCUT2D eigenvalue weighted by Crippen LogP contribution is -2.39. The van der Waals surface area contributed by atoms with Crippen molar-refractivity contribution in [3.05, 3.63) is 114 Å². The molecule has 156 valence electrons. The van der Waals surface area contributed by atoms with Gasteiger partial charge >= 0.3 is 0 Å². The van der Waals surface area contributed by atoms with E-state index in [4.69, 9.17) is 4.74 Å². The largest absolute Gasteiger partial charge is 0.489 e. The summed E-state index contributed by atoms with van der Waals surface area (Å²) in [6.45, 7) is 0.341. The highest BCUT2D eigenvalue weighted by Gasteiger charge is 2.14. The highest BCUT2D eigenvalue weighted by molar-refractivity contribution is 5.94. The molecule has 2 N–H and O–H groups in total. The van der Waals surface area contributed by atoms with Crippen molar-refractivity contribution in [3.8, 4) is 5.75 Å². The van der Waals surface area contributed by atoms with Gasteiger partial charge in [0.15, 0.2) is 0 Å². The lowest BCUT2D eigenvalue weighted by atomic mass is 10.1. The molecule has 4 aromatic rings. The smallest absolute Gasteiger partial charge is 0.251 e. The minimum atomic E-state index is -0.335. The van der Waals surface area contributed by atoms with E-state index in [1.807, 2.05) is 42.5 Å². The Labute approximate surface area is 182 Å². The topological polar surface area (TPSA) is 58.6 Å². The van der Waals surface area contributed by atoms with Crippen molar-refractivity contribution in [1.29, 1.82) is 0 Å². The first-order valence-electron chi connectivity index (χ1n) is 10.4. The van der Waals surface area contributed by atoms with Gasteiger partial charge < -0.3 is 15.2 Å². The van der Waals surface area contributed by atoms with E-state index in [0.717, 1.165) is 11.1 Å². The highest BCUT2D eigenvalue weighted by Crippen LogP contribution is 2.18. The third-order valence-corrected chi connectivity index (χ3v) is 5.22. The molecule has 0 aromatic heterocycles. The summed E-state index contributed by atoms with van der Waals surface area (Å²) in [6.07, 6.45) is 0.579. The molecule has 1 amide bonds. The predicted octanol–water partition coefficient (Wildman–Crippen LogP) is 4.75. The van der Waals surface area contributed by atoms with Crippen molar-refractivity contribution in [2.45, 2.75) is 19.1 Å². The van der Waals surface area contributed by atoms with Crippen LogP contribution in [-0.2, 0) is 13.0 Å². The van der Waals surface area contributed by atoms with Gasteiger partial charge in [-0.1, -0.05) is 66.7 Å². The fraction of sp³-hybridized carbons (Fsp3) is 0.148. The van der Waals surface area contributed by atoms with Crippen LogP contribution in [0.3, 0.4) is 0 Å². The average Bonchev–Trinajstić information content (AvgIpc) is 2.83. The van der Waals surface area contributed by atoms with Crippen molar-refractivity contribution >= 4 is 16.7 Å². The molecule has 0 aliphatic carbocycles. The maximum atomic E-state index is 12.6. The van der Waals surface area contributed by atoms with Crippen molar-refractivity contribution in [2.24, 2.45) is 0 Å². The van der Waals surface area contributed by atoms with Crippen LogP contribution in [0.15, 0.2) is 97.1 Å². The number of ether oxygens (including phenoxy) is 1. The Morgan fingerprint density at radius 2 is 1.52 bits per heavy atom. The number of hydrogen-bond acceptors (Lipinski definition) is 3. The van der Waals surface area contributed by atoms with Crippen molar-refractivity contribution in [1.82, 2.24) is 5.32 Å². The summed E-state index contributed by atoms with van der Waals surface area (Å²) in [4.78, 5) is 12.6. The molecule has 0 spiro atoms. The average molecular weight is 412 g/mol. The van der Waals surface area contributed by atoms with Crippen LogP contribution in [0.1, 0.15) is 21.5 Å². The van der Waals surface area contributed by atoms with Crippen LogP contribution < -0.4 is 10.1 Å². The van der Waals surface area contributed by atoms with Crippen molar-refractivity contribution in [2.75, 3.05) is 6.61 Å². The summed E-state index contributed by atoms with van der Waals surface area (Å²) in [5.74, 6) is 0.490. The molecule has 1 unspecified atom stereocenters. The molecule has 1 atom stereocenters. The normalized spacial score (nSPS) is 11.8. The van der Waals surface area contributed by atoms with Crippen LogP contribution >= 0.6 is 0 Å². The van der Waals surface area contributed by atoms with E-state index in [-0.39, 0.29) is 18.6 Å². The van der Waals surface area contributed by atoms with Gasteiger partial charge in [0.1, 0.15) is 12.4 Å². The summed E-state index contributed by atoms with van der Waals surface area (Å²) in [7, 11) is 0. The number of aliphatic hydroxyl groups is 1. The summed E-state index contributed by atoms with van der Waals surface area (Å²) >= 11 is 0. The first-order chi connectivity index (χ1) is 15.2. The van der Waals surface area contributed by atoms with Crippen LogP contribution in [0.25, 0.3) is 10.8 Å². The monoisotopic (exact) mass is 411 g/mol. The summed E-state index contributed by atoms with van der Waals surface area (Å²) in [6, 6.07) is 31.0. The van der Waals surface area contributed by atoms with Gasteiger partial charge in [-0.25, -0.2) is 0 Å². The molecule has 0 aliphatic heterocycles. The Morgan fingerprint density at radius 1 is 0.806 bits per heavy atom. The summed E-state index contributed by atoms with van der Waals surface area (Å²) < 4.78 is 5.89. The fourth-order valence-corrected chi connectivity index (χ4v) is 3.53. The third-order valence-electron chi connectivity index (χ3n) is 5.22. The molecule has 0 radical (unpaired) electrons. The van der Waals surface area contributed by atoms with Gasteiger partial charge in [0.25, 0.3) is 5.91 Å². The summed E-state index contributed by atoms with van der Waals surface area (Å²) in [5.41, 5.74) is 2.69. The van der Waals surface area contributed by atoms with Crippen LogP contribution in [-0.4, -0.2) is 23.7 Å². The molecule has 31 heavy (non-hydrogen) atoms. The first kappa shape index (κ1) is 20.6. The second-order valence-corrected chi connectivity index (χ2v) is 7.54. The Bertz CT molecular complexity index is 1140. The second kappa shape index (κ2) is 9.92. The number of benzene rings is 4. The summed E-state index contributed by atoms with van der Waals surface area (Å²) in [5, 5.41) is 14.9. The van der Waals surface area contributed by atoms with Crippen molar-refractivity contribution < 1.29 is 14.6 Å². The molecule has 0 heterocycles. The standard InChI is InChI=1S/C27H25NO3/c29-18-25(17-20-6-2-1-3-7-20)28-27(30)23-12-14-26(15-13-23)31-19-21-10-11-22-8-4-5-9-24(22)16-21/h1-16,25,29H,17-19H2,(H,28,30). The number of hydrogen-bond donors (Lipinski definition) is 2. The molecule has 0 fully saturated rings. The van der Waals surface area contributed by atoms with Crippen LogP contribution in [0.2, 0.25) is 0 Å². The SMILES string of the molecule is O=C(NC(CO)Cc1ccccc1)c1ccc(OCc2ccc3ccccc3c2)cc1. The van der Waals surface area contributed by atoms with Crippen LogP contribution in [0.5, 0.6) is 5.75 Å². The zero-order valence-electron chi connectivity index (χ0n) is 17.2. The number of fused-ring (bicyclic) bond motifs is 1. The molecule has 0 aliphatic rings. The molecular formula is C27H25NO3. The van der Waals surface area contributed by atoms with E-state index in [2.05, 4.69) is 35.6 Å². The number of nitrogens with one attached hydrogen (secondary N) is 1. The maximum absolute atomic E-state index is 12.6. The highest BCUT2D eigenvalue weighted by atomic mass is 16.5. The molecule has 4 heteroatoms. The number of amides is 1. The molecule has 0 saturated carbocycles. The van der Waals surface area contributed by atoms with Gasteiger partial charge in [-0.3, -0.25) is 4.79 Å². The van der Waals surface area contributed by atoms with E-state index in [9.17, 15) is 9.90 Å². The van der Waals surface area contributed by atoms with E-state index in [1.54, 1.807) is 24.3 Å². The Morgan fingerprint density at radius 3 is 2.26 bits per heavy atom. The first-order valence-corrected chi connectivity index (χ1v) is 10.4. The fourth-order valence-electron chi connectivity index (χ4n) is 3.53. The minimum absolute atomic E-state index is 0.117. The van der Waals surface area contributed by atoms with Gasteiger partial charge in [-0.05, 0) is 58.7 Å². The zero-order chi connectivity index (χ0) is 21.5. The van der Waals surface area contributed by atoms with E-state index < -0.39 is 0 Å². The molecule has 0 bridgehead atoms. The molecular weight excluding hydrogens is 386 g/mol. The predicted molar refractivity (Wildman–Crippen MR) is 123 cm³/mol. The van der Waals surface area contributed by atoms with Gasteiger partial charge in [-0.15, -0.1) is 0 Å². The Kier molecular flexibility index (Phi) is 6.60. The van der Waals surface area contributed by atoms with E-state index in [1.165, 1.54) is 10.8 Å². The van der Waals surface area contributed by atoms with Crippen molar-refractivity contribution in [3.63, 3.8) is 0 Å². The van der Waals surface area contributed by atoms with Crippen LogP contribution in [0.4, 0.5) is 0 Å². The van der Waals surface area contributed by atoms with Crippen LogP contribution in [0, 0.1) is 0 Å². The molecule has 4 nitrogen and oxygen atoms in total. The number of aliphatic hydroxyl groups excluding tert-OH is 1. The van der Waals surface area contributed by atoms with Gasteiger partial charge in [0.05, 0.1) is 12.6 Å². The lowest BCUT2D eigenvalue weighted by Gasteiger charge is -2.16. The number of rotatable bonds is 8. The molecule has 4 aromatic carbocycles.